The first kappa shape index (κ1) is 17.3. The fraction of sp³-hybridized carbons (Fsp3) is 0.412. The summed E-state index contributed by atoms with van der Waals surface area (Å²) in [6.45, 7) is 2.77. The number of ketones is 1. The third kappa shape index (κ3) is 3.09. The number of phenolic OH excluding ortho intramolecular Hbond substituents is 1. The van der Waals surface area contributed by atoms with Crippen molar-refractivity contribution in [3.63, 3.8) is 0 Å². The first-order valence-electron chi connectivity index (χ1n) is 8.25. The van der Waals surface area contributed by atoms with E-state index in [2.05, 4.69) is 5.32 Å². The van der Waals surface area contributed by atoms with E-state index >= 15 is 0 Å². The van der Waals surface area contributed by atoms with Crippen LogP contribution in [0.15, 0.2) is 29.5 Å². The highest BCUT2D eigenvalue weighted by atomic mass is 32.1. The number of phenols is 1. The molecule has 0 saturated carbocycles. The maximum atomic E-state index is 12.6. The molecule has 2 aliphatic rings. The van der Waals surface area contributed by atoms with Crippen LogP contribution in [0.2, 0.25) is 0 Å². The summed E-state index contributed by atoms with van der Waals surface area (Å²) in [5, 5.41) is 24.5. The molecule has 0 fully saturated rings. The zero-order valence-corrected chi connectivity index (χ0v) is 14.6. The topological polar surface area (TPSA) is 95.7 Å². The average Bonchev–Trinajstić information content (AvgIpc) is 2.57. The minimum Gasteiger partial charge on any atom is -0.502 e. The molecule has 7 nitrogen and oxygen atoms in total. The monoisotopic (exact) mass is 361 g/mol. The summed E-state index contributed by atoms with van der Waals surface area (Å²) in [7, 11) is 0. The number of nitro benzene ring substituents is 1. The molecule has 0 saturated heterocycles. The van der Waals surface area contributed by atoms with Gasteiger partial charge in [0.2, 0.25) is 0 Å². The van der Waals surface area contributed by atoms with Gasteiger partial charge in [0.05, 0.1) is 11.0 Å². The predicted molar refractivity (Wildman–Crippen MR) is 96.1 cm³/mol. The van der Waals surface area contributed by atoms with Crippen LogP contribution >= 0.6 is 12.2 Å². The molecule has 1 atom stereocenters. The van der Waals surface area contributed by atoms with E-state index in [9.17, 15) is 20.0 Å². The zero-order valence-electron chi connectivity index (χ0n) is 13.8. The summed E-state index contributed by atoms with van der Waals surface area (Å²) in [4.78, 5) is 25.0. The first-order chi connectivity index (χ1) is 11.9. The molecule has 8 heteroatoms. The Kier molecular flexibility index (Phi) is 4.71. The molecule has 1 heterocycles. The van der Waals surface area contributed by atoms with E-state index in [1.165, 1.54) is 12.1 Å². The predicted octanol–water partition coefficient (Wildman–Crippen LogP) is 2.95. The number of hydrogen-bond donors (Lipinski definition) is 2. The number of nitrogens with one attached hydrogen (secondary N) is 1. The van der Waals surface area contributed by atoms with Gasteiger partial charge in [0, 0.05) is 30.3 Å². The number of hydrogen-bond acceptors (Lipinski definition) is 5. The van der Waals surface area contributed by atoms with Gasteiger partial charge < -0.3 is 15.3 Å². The Morgan fingerprint density at radius 1 is 1.44 bits per heavy atom. The number of carbonyl (C=O) groups is 1. The molecule has 3 rings (SSSR count). The highest BCUT2D eigenvalue weighted by molar-refractivity contribution is 7.80. The summed E-state index contributed by atoms with van der Waals surface area (Å²) in [6, 6.07) is 3.65. The Labute approximate surface area is 150 Å². The van der Waals surface area contributed by atoms with Crippen LogP contribution in [0.25, 0.3) is 0 Å². The molecule has 132 valence electrons. The lowest BCUT2D eigenvalue weighted by molar-refractivity contribution is -0.385. The molecule has 1 aromatic carbocycles. The molecule has 0 spiro atoms. The van der Waals surface area contributed by atoms with Crippen LogP contribution in [0.5, 0.6) is 5.75 Å². The van der Waals surface area contributed by atoms with E-state index in [1.807, 2.05) is 11.8 Å². The summed E-state index contributed by atoms with van der Waals surface area (Å²) in [5.41, 5.74) is 1.72. The lowest BCUT2D eigenvalue weighted by atomic mass is 9.84. The number of nitro groups is 1. The molecule has 0 aromatic heterocycles. The van der Waals surface area contributed by atoms with E-state index < -0.39 is 16.7 Å². The normalized spacial score (nSPS) is 20.4. The molecule has 2 N–H and O–H groups in total. The molecular weight excluding hydrogens is 342 g/mol. The van der Waals surface area contributed by atoms with Gasteiger partial charge >= 0.3 is 5.69 Å². The highest BCUT2D eigenvalue weighted by Crippen LogP contribution is 2.39. The lowest BCUT2D eigenvalue weighted by Gasteiger charge is -2.40. The Morgan fingerprint density at radius 3 is 2.88 bits per heavy atom. The van der Waals surface area contributed by atoms with Crippen LogP contribution in [0, 0.1) is 10.1 Å². The molecule has 0 radical (unpaired) electrons. The molecule has 1 aliphatic heterocycles. The van der Waals surface area contributed by atoms with Crippen molar-refractivity contribution in [2.24, 2.45) is 0 Å². The number of benzene rings is 1. The second kappa shape index (κ2) is 6.79. The van der Waals surface area contributed by atoms with Crippen LogP contribution in [-0.4, -0.2) is 32.4 Å². The maximum Gasteiger partial charge on any atom is 0.311 e. The number of rotatable bonds is 4. The van der Waals surface area contributed by atoms with E-state index in [4.69, 9.17) is 12.2 Å². The van der Waals surface area contributed by atoms with E-state index in [-0.39, 0.29) is 11.5 Å². The van der Waals surface area contributed by atoms with Crippen molar-refractivity contribution in [1.82, 2.24) is 10.2 Å². The standard InChI is InChI=1S/C17H19N3O4S/c1-2-8-19-11-4-3-5-14(22)15(11)16(18-17(19)25)10-6-7-13(21)12(9-10)20(23)24/h6-7,9,16,21H,2-5,8H2,1H3,(H,18,25). The summed E-state index contributed by atoms with van der Waals surface area (Å²) in [6.07, 6.45) is 2.90. The minimum atomic E-state index is -0.638. The second-order valence-electron chi connectivity index (χ2n) is 6.18. The minimum absolute atomic E-state index is 0.0399. The van der Waals surface area contributed by atoms with Crippen molar-refractivity contribution in [3.05, 3.63) is 45.1 Å². The number of aromatic hydroxyl groups is 1. The van der Waals surface area contributed by atoms with Gasteiger partial charge in [-0.15, -0.1) is 0 Å². The van der Waals surface area contributed by atoms with Crippen molar-refractivity contribution < 1.29 is 14.8 Å². The molecule has 1 unspecified atom stereocenters. The van der Waals surface area contributed by atoms with Gasteiger partial charge in [0.15, 0.2) is 16.6 Å². The smallest absolute Gasteiger partial charge is 0.311 e. The molecular formula is C17H19N3O4S. The number of thiocarbonyl (C=S) groups is 1. The van der Waals surface area contributed by atoms with Gasteiger partial charge in [-0.05, 0) is 43.1 Å². The SMILES string of the molecule is CCCN1C(=S)NC(c2ccc(O)c([N+](=O)[O-])c2)C2=C1CCCC2=O. The van der Waals surface area contributed by atoms with Gasteiger partial charge in [-0.3, -0.25) is 14.9 Å². The first-order valence-corrected chi connectivity index (χ1v) is 8.66. The Hall–Kier alpha value is -2.48. The summed E-state index contributed by atoms with van der Waals surface area (Å²) in [5.74, 6) is -0.359. The third-order valence-corrected chi connectivity index (χ3v) is 4.87. The third-order valence-electron chi connectivity index (χ3n) is 4.53. The Morgan fingerprint density at radius 2 is 2.20 bits per heavy atom. The molecule has 25 heavy (non-hydrogen) atoms. The zero-order chi connectivity index (χ0) is 18.1. The largest absolute Gasteiger partial charge is 0.502 e. The summed E-state index contributed by atoms with van der Waals surface area (Å²) >= 11 is 5.47. The van der Waals surface area contributed by atoms with Crippen molar-refractivity contribution in [1.29, 1.82) is 0 Å². The summed E-state index contributed by atoms with van der Waals surface area (Å²) < 4.78 is 0. The van der Waals surface area contributed by atoms with Crippen molar-refractivity contribution >= 4 is 28.8 Å². The van der Waals surface area contributed by atoms with Gasteiger partial charge in [0.1, 0.15) is 0 Å². The Balaban J connectivity index is 2.11. The molecule has 0 bridgehead atoms. The van der Waals surface area contributed by atoms with Crippen LogP contribution < -0.4 is 5.32 Å². The van der Waals surface area contributed by atoms with Gasteiger partial charge in [0.25, 0.3) is 0 Å². The molecule has 1 aromatic rings. The fourth-order valence-electron chi connectivity index (χ4n) is 3.43. The van der Waals surface area contributed by atoms with Gasteiger partial charge in [-0.2, -0.15) is 0 Å². The van der Waals surface area contributed by atoms with Crippen LogP contribution in [0.4, 0.5) is 5.69 Å². The van der Waals surface area contributed by atoms with Crippen molar-refractivity contribution in [2.45, 2.75) is 38.6 Å². The Bertz CT molecular complexity index is 790. The number of nitrogens with zero attached hydrogens (tertiary/aromatic N) is 2. The molecule has 1 aliphatic carbocycles. The van der Waals surface area contributed by atoms with E-state index in [1.54, 1.807) is 6.07 Å². The van der Waals surface area contributed by atoms with Crippen molar-refractivity contribution in [3.8, 4) is 5.75 Å². The quantitative estimate of drug-likeness (QED) is 0.483. The van der Waals surface area contributed by atoms with Gasteiger partial charge in [-0.25, -0.2) is 0 Å². The highest BCUT2D eigenvalue weighted by Gasteiger charge is 2.37. The number of carbonyl (C=O) groups excluding carboxylic acids is 1. The van der Waals surface area contributed by atoms with Crippen LogP contribution in [-0.2, 0) is 4.79 Å². The van der Waals surface area contributed by atoms with E-state index in [0.717, 1.165) is 31.5 Å². The van der Waals surface area contributed by atoms with Gasteiger partial charge in [-0.1, -0.05) is 13.0 Å². The second-order valence-corrected chi connectivity index (χ2v) is 6.56. The fourth-order valence-corrected chi connectivity index (χ4v) is 3.75. The van der Waals surface area contributed by atoms with Crippen LogP contribution in [0.3, 0.4) is 0 Å². The molecule has 0 amide bonds. The maximum absolute atomic E-state index is 12.6. The lowest BCUT2D eigenvalue weighted by Crippen LogP contribution is -2.49. The van der Waals surface area contributed by atoms with Crippen LogP contribution in [0.1, 0.15) is 44.2 Å². The van der Waals surface area contributed by atoms with E-state index in [0.29, 0.717) is 22.7 Å². The van der Waals surface area contributed by atoms with Crippen molar-refractivity contribution in [2.75, 3.05) is 6.54 Å². The number of Topliss-reactive ketones (excluding diaryl/α,β-unsaturated/α-hetero) is 1. The number of allylic oxidation sites excluding steroid dienone is 1. The average molecular weight is 361 g/mol.